The van der Waals surface area contributed by atoms with Crippen LogP contribution >= 0.6 is 0 Å². The second-order valence-corrected chi connectivity index (χ2v) is 11.2. The molecule has 2 aliphatic heterocycles. The summed E-state index contributed by atoms with van der Waals surface area (Å²) < 4.78 is 6.61. The summed E-state index contributed by atoms with van der Waals surface area (Å²) in [4.78, 5) is 5.26. The van der Waals surface area contributed by atoms with Gasteiger partial charge < -0.3 is 14.5 Å². The Balaban J connectivity index is 1.15. The highest BCUT2D eigenvalue weighted by Gasteiger charge is 2.44. The summed E-state index contributed by atoms with van der Waals surface area (Å²) in [7, 11) is 2.28. The fourth-order valence-electron chi connectivity index (χ4n) is 6.35. The smallest absolute Gasteiger partial charge is 0.0603 e. The summed E-state index contributed by atoms with van der Waals surface area (Å²) in [6, 6.07) is 0. The number of piperidine rings is 2. The SMILES string of the molecule is CC(C)CC1(CN2CCC(OC3CCC4(CC3)CCN(C)CC4)CC2)CC1. The van der Waals surface area contributed by atoms with Crippen LogP contribution in [0.1, 0.15) is 84.5 Å². The molecule has 1 spiro atoms. The van der Waals surface area contributed by atoms with Crippen LogP contribution in [0.5, 0.6) is 0 Å². The maximum Gasteiger partial charge on any atom is 0.0603 e. The van der Waals surface area contributed by atoms with Gasteiger partial charge in [0, 0.05) is 19.6 Å². The van der Waals surface area contributed by atoms with Crippen molar-refractivity contribution in [2.75, 3.05) is 39.8 Å². The van der Waals surface area contributed by atoms with Gasteiger partial charge in [0.2, 0.25) is 0 Å². The summed E-state index contributed by atoms with van der Waals surface area (Å²) in [6.45, 7) is 11.3. The Morgan fingerprint density at radius 3 is 1.96 bits per heavy atom. The lowest BCUT2D eigenvalue weighted by atomic mass is 9.67. The Hall–Kier alpha value is -0.120. The molecule has 3 heteroatoms. The number of nitrogens with zero attached hydrogens (tertiary/aromatic N) is 2. The van der Waals surface area contributed by atoms with E-state index in [0.29, 0.717) is 23.0 Å². The molecular weight excluding hydrogens is 332 g/mol. The van der Waals surface area contributed by atoms with Gasteiger partial charge in [-0.05, 0) is 108 Å². The Labute approximate surface area is 168 Å². The maximum atomic E-state index is 6.61. The maximum absolute atomic E-state index is 6.61. The van der Waals surface area contributed by atoms with Gasteiger partial charge in [0.05, 0.1) is 12.2 Å². The Bertz CT molecular complexity index is 461. The van der Waals surface area contributed by atoms with Crippen molar-refractivity contribution in [3.8, 4) is 0 Å². The predicted molar refractivity (Wildman–Crippen MR) is 113 cm³/mol. The van der Waals surface area contributed by atoms with E-state index in [9.17, 15) is 0 Å². The molecule has 0 aromatic rings. The standard InChI is InChI=1S/C24H44N2O/c1-20(2)18-24(10-11-24)19-26-14-6-22(7-15-26)27-21-4-8-23(9-5-21)12-16-25(3)17-13-23/h20-22H,4-19H2,1-3H3. The van der Waals surface area contributed by atoms with E-state index in [1.54, 1.807) is 0 Å². The predicted octanol–water partition coefficient (Wildman–Crippen LogP) is 4.95. The first-order valence-electron chi connectivity index (χ1n) is 12.0. The van der Waals surface area contributed by atoms with Crippen LogP contribution in [-0.2, 0) is 4.74 Å². The lowest BCUT2D eigenvalue weighted by Crippen LogP contribution is -2.43. The van der Waals surface area contributed by atoms with E-state index >= 15 is 0 Å². The van der Waals surface area contributed by atoms with E-state index in [1.807, 2.05) is 0 Å². The van der Waals surface area contributed by atoms with Gasteiger partial charge in [-0.3, -0.25) is 0 Å². The quantitative estimate of drug-likeness (QED) is 0.652. The summed E-state index contributed by atoms with van der Waals surface area (Å²) in [5.74, 6) is 0.854. The Morgan fingerprint density at radius 2 is 1.41 bits per heavy atom. The van der Waals surface area contributed by atoms with E-state index in [4.69, 9.17) is 4.74 Å². The summed E-state index contributed by atoms with van der Waals surface area (Å²) in [5, 5.41) is 0. The van der Waals surface area contributed by atoms with Gasteiger partial charge in [0.15, 0.2) is 0 Å². The largest absolute Gasteiger partial charge is 0.375 e. The zero-order valence-electron chi connectivity index (χ0n) is 18.3. The molecule has 4 fully saturated rings. The first-order chi connectivity index (χ1) is 13.0. The topological polar surface area (TPSA) is 15.7 Å². The zero-order chi connectivity index (χ0) is 18.9. The van der Waals surface area contributed by atoms with E-state index in [-0.39, 0.29) is 0 Å². The average molecular weight is 377 g/mol. The number of likely N-dealkylation sites (tertiary alicyclic amines) is 2. The molecule has 0 N–H and O–H groups in total. The van der Waals surface area contributed by atoms with Gasteiger partial charge in [-0.2, -0.15) is 0 Å². The molecule has 3 nitrogen and oxygen atoms in total. The molecule has 27 heavy (non-hydrogen) atoms. The minimum atomic E-state index is 0.540. The third-order valence-corrected chi connectivity index (χ3v) is 8.32. The molecule has 156 valence electrons. The minimum absolute atomic E-state index is 0.540. The van der Waals surface area contributed by atoms with E-state index in [0.717, 1.165) is 5.92 Å². The van der Waals surface area contributed by atoms with Crippen LogP contribution in [0.25, 0.3) is 0 Å². The number of ether oxygens (including phenoxy) is 1. The first-order valence-corrected chi connectivity index (χ1v) is 12.0. The molecule has 0 aromatic carbocycles. The van der Waals surface area contributed by atoms with Crippen molar-refractivity contribution in [1.29, 1.82) is 0 Å². The minimum Gasteiger partial charge on any atom is -0.375 e. The van der Waals surface area contributed by atoms with Crippen LogP contribution in [-0.4, -0.2) is 61.8 Å². The molecule has 4 aliphatic rings. The van der Waals surface area contributed by atoms with Crippen LogP contribution in [0.4, 0.5) is 0 Å². The number of hydrogen-bond donors (Lipinski definition) is 0. The lowest BCUT2D eigenvalue weighted by molar-refractivity contribution is -0.0783. The Morgan fingerprint density at radius 1 is 0.815 bits per heavy atom. The molecule has 0 bridgehead atoms. The molecule has 4 rings (SSSR count). The molecule has 2 saturated heterocycles. The van der Waals surface area contributed by atoms with Crippen molar-refractivity contribution < 1.29 is 4.74 Å². The monoisotopic (exact) mass is 376 g/mol. The normalized spacial score (nSPS) is 30.2. The third-order valence-electron chi connectivity index (χ3n) is 8.32. The van der Waals surface area contributed by atoms with Crippen LogP contribution in [0.15, 0.2) is 0 Å². The zero-order valence-corrected chi connectivity index (χ0v) is 18.3. The molecule has 0 amide bonds. The van der Waals surface area contributed by atoms with Gasteiger partial charge in [-0.25, -0.2) is 0 Å². The van der Waals surface area contributed by atoms with Crippen LogP contribution in [0.3, 0.4) is 0 Å². The Kier molecular flexibility index (Phi) is 6.21. The third kappa shape index (κ3) is 5.28. The van der Waals surface area contributed by atoms with E-state index in [1.165, 1.54) is 103 Å². The van der Waals surface area contributed by atoms with Gasteiger partial charge in [0.25, 0.3) is 0 Å². The highest BCUT2D eigenvalue weighted by molar-refractivity contribution is 4.97. The molecule has 0 unspecified atom stereocenters. The lowest BCUT2D eigenvalue weighted by Gasteiger charge is -2.46. The molecule has 2 saturated carbocycles. The van der Waals surface area contributed by atoms with Crippen molar-refractivity contribution in [1.82, 2.24) is 9.80 Å². The van der Waals surface area contributed by atoms with Crippen molar-refractivity contribution in [3.63, 3.8) is 0 Å². The van der Waals surface area contributed by atoms with Crippen LogP contribution < -0.4 is 0 Å². The average Bonchev–Trinajstić information content (AvgIpc) is 3.39. The van der Waals surface area contributed by atoms with Crippen LogP contribution in [0, 0.1) is 16.7 Å². The van der Waals surface area contributed by atoms with Crippen molar-refractivity contribution in [2.24, 2.45) is 16.7 Å². The summed E-state index contributed by atoms with van der Waals surface area (Å²) >= 11 is 0. The number of rotatable bonds is 6. The summed E-state index contributed by atoms with van der Waals surface area (Å²) in [6.07, 6.45) is 16.3. The second-order valence-electron chi connectivity index (χ2n) is 11.2. The van der Waals surface area contributed by atoms with E-state index in [2.05, 4.69) is 30.7 Å². The van der Waals surface area contributed by atoms with Gasteiger partial charge in [-0.15, -0.1) is 0 Å². The second kappa shape index (κ2) is 8.32. The highest BCUT2D eigenvalue weighted by Crippen LogP contribution is 2.51. The van der Waals surface area contributed by atoms with Crippen LogP contribution in [0.2, 0.25) is 0 Å². The fourth-order valence-corrected chi connectivity index (χ4v) is 6.35. The van der Waals surface area contributed by atoms with Crippen molar-refractivity contribution in [3.05, 3.63) is 0 Å². The first kappa shape index (κ1) is 20.2. The molecular formula is C24H44N2O. The van der Waals surface area contributed by atoms with Gasteiger partial charge in [-0.1, -0.05) is 13.8 Å². The van der Waals surface area contributed by atoms with Gasteiger partial charge in [0.1, 0.15) is 0 Å². The molecule has 0 atom stereocenters. The molecule has 2 heterocycles. The molecule has 0 aromatic heterocycles. The number of hydrogen-bond acceptors (Lipinski definition) is 3. The van der Waals surface area contributed by atoms with Crippen molar-refractivity contribution >= 4 is 0 Å². The molecule has 0 radical (unpaired) electrons. The summed E-state index contributed by atoms with van der Waals surface area (Å²) in [5.41, 5.74) is 1.36. The van der Waals surface area contributed by atoms with E-state index < -0.39 is 0 Å². The molecule has 2 aliphatic carbocycles. The van der Waals surface area contributed by atoms with Gasteiger partial charge >= 0.3 is 0 Å². The highest BCUT2D eigenvalue weighted by atomic mass is 16.5. The van der Waals surface area contributed by atoms with Crippen molar-refractivity contribution in [2.45, 2.75) is 96.7 Å². The fraction of sp³-hybridized carbons (Fsp3) is 1.00.